The number of anilines is 1. The molecule has 0 saturated carbocycles. The molecule has 0 fully saturated rings. The number of hydrogen-bond acceptors (Lipinski definition) is 6. The zero-order valence-corrected chi connectivity index (χ0v) is 19.5. The molecular weight excluding hydrogens is 493 g/mol. The maximum atomic E-state index is 13.2. The number of carbonyl (C=O) groups excluding carboxylic acids is 1. The molecule has 4 rings (SSSR count). The summed E-state index contributed by atoms with van der Waals surface area (Å²) < 4.78 is 51.9. The summed E-state index contributed by atoms with van der Waals surface area (Å²) in [5.74, 6) is -0.542. The van der Waals surface area contributed by atoms with Crippen molar-refractivity contribution in [1.29, 1.82) is 5.26 Å². The second kappa shape index (κ2) is 9.69. The van der Waals surface area contributed by atoms with Crippen LogP contribution in [0.2, 0.25) is 0 Å². The number of nitro benzene ring substituents is 1. The van der Waals surface area contributed by atoms with Crippen molar-refractivity contribution in [2.75, 3.05) is 18.5 Å². The maximum absolute atomic E-state index is 13.2. The molecular formula is C25H19F3N4O5. The quantitative estimate of drug-likeness (QED) is 0.213. The molecule has 0 bridgehead atoms. The molecule has 3 aromatic rings. The normalized spacial score (nSPS) is 13.1. The molecule has 1 amide bonds. The van der Waals surface area contributed by atoms with Gasteiger partial charge in [0, 0.05) is 23.1 Å². The first-order valence-electron chi connectivity index (χ1n) is 10.9. The molecule has 12 heteroatoms. The van der Waals surface area contributed by atoms with E-state index in [0.29, 0.717) is 17.0 Å². The number of halogens is 3. The molecule has 2 heterocycles. The summed E-state index contributed by atoms with van der Waals surface area (Å²) in [6.07, 6.45) is -3.25. The number of alkyl halides is 3. The number of nitrogens with one attached hydrogen (secondary N) is 1. The summed E-state index contributed by atoms with van der Waals surface area (Å²) >= 11 is 0. The molecule has 0 saturated heterocycles. The number of nitriles is 1. The van der Waals surface area contributed by atoms with Gasteiger partial charge in [-0.3, -0.25) is 14.9 Å². The minimum absolute atomic E-state index is 0.161. The highest BCUT2D eigenvalue weighted by Gasteiger charge is 2.31. The largest absolute Gasteiger partial charge is 0.486 e. The molecule has 1 aliphatic rings. The van der Waals surface area contributed by atoms with Gasteiger partial charge in [-0.1, -0.05) is 6.07 Å². The van der Waals surface area contributed by atoms with Crippen LogP contribution in [0.15, 0.2) is 48.0 Å². The molecule has 0 unspecified atom stereocenters. The molecule has 2 aromatic carbocycles. The highest BCUT2D eigenvalue weighted by Crippen LogP contribution is 2.39. The second-order valence-electron chi connectivity index (χ2n) is 8.10. The molecule has 190 valence electrons. The van der Waals surface area contributed by atoms with E-state index >= 15 is 0 Å². The Bertz CT molecular complexity index is 1480. The fraction of sp³-hybridized carbons (Fsp3) is 0.200. The predicted octanol–water partition coefficient (Wildman–Crippen LogP) is 5.34. The predicted molar refractivity (Wildman–Crippen MR) is 127 cm³/mol. The van der Waals surface area contributed by atoms with Gasteiger partial charge in [0.1, 0.15) is 30.5 Å². The van der Waals surface area contributed by atoms with Gasteiger partial charge < -0.3 is 19.4 Å². The van der Waals surface area contributed by atoms with Crippen molar-refractivity contribution in [3.63, 3.8) is 0 Å². The van der Waals surface area contributed by atoms with Gasteiger partial charge in [0.05, 0.1) is 16.6 Å². The molecule has 0 aliphatic carbocycles. The Labute approximate surface area is 208 Å². The van der Waals surface area contributed by atoms with Crippen molar-refractivity contribution in [1.82, 2.24) is 4.57 Å². The van der Waals surface area contributed by atoms with Crippen molar-refractivity contribution >= 4 is 23.4 Å². The molecule has 1 N–H and O–H groups in total. The van der Waals surface area contributed by atoms with Gasteiger partial charge in [0.2, 0.25) is 0 Å². The van der Waals surface area contributed by atoms with Gasteiger partial charge in [-0.05, 0) is 49.8 Å². The van der Waals surface area contributed by atoms with Crippen LogP contribution < -0.4 is 14.8 Å². The van der Waals surface area contributed by atoms with Crippen molar-refractivity contribution in [3.05, 3.63) is 80.7 Å². The lowest BCUT2D eigenvalue weighted by Crippen LogP contribution is -2.18. The molecule has 37 heavy (non-hydrogen) atoms. The molecule has 0 spiro atoms. The second-order valence-corrected chi connectivity index (χ2v) is 8.10. The summed E-state index contributed by atoms with van der Waals surface area (Å²) in [7, 11) is 0. The van der Waals surface area contributed by atoms with E-state index < -0.39 is 28.3 Å². The van der Waals surface area contributed by atoms with Gasteiger partial charge in [-0.15, -0.1) is 0 Å². The third-order valence-electron chi connectivity index (χ3n) is 5.67. The Morgan fingerprint density at radius 2 is 1.84 bits per heavy atom. The molecule has 1 aliphatic heterocycles. The van der Waals surface area contributed by atoms with Gasteiger partial charge in [-0.2, -0.15) is 18.4 Å². The topological polar surface area (TPSA) is 119 Å². The SMILES string of the molecule is Cc1cc(/C=C(\C#N)C(=O)Nc2cc3c(cc2[N+](=O)[O-])OCCO3)c(C)n1-c1cccc(C(F)(F)F)c1. The van der Waals surface area contributed by atoms with E-state index in [2.05, 4.69) is 5.32 Å². The van der Waals surface area contributed by atoms with Crippen LogP contribution in [0.3, 0.4) is 0 Å². The summed E-state index contributed by atoms with van der Waals surface area (Å²) in [5, 5.41) is 23.5. The highest BCUT2D eigenvalue weighted by atomic mass is 19.4. The van der Waals surface area contributed by atoms with E-state index in [9.17, 15) is 33.3 Å². The lowest BCUT2D eigenvalue weighted by Gasteiger charge is -2.19. The third-order valence-corrected chi connectivity index (χ3v) is 5.67. The number of benzene rings is 2. The van der Waals surface area contributed by atoms with Crippen LogP contribution in [0.25, 0.3) is 11.8 Å². The summed E-state index contributed by atoms with van der Waals surface area (Å²) in [6, 6.07) is 10.5. The number of fused-ring (bicyclic) bond motifs is 1. The van der Waals surface area contributed by atoms with Crippen LogP contribution in [-0.2, 0) is 11.0 Å². The van der Waals surface area contributed by atoms with Crippen LogP contribution in [0.1, 0.15) is 22.5 Å². The van der Waals surface area contributed by atoms with E-state index in [-0.39, 0.29) is 41.7 Å². The third kappa shape index (κ3) is 5.11. The van der Waals surface area contributed by atoms with E-state index in [1.165, 1.54) is 24.3 Å². The number of hydrogen-bond donors (Lipinski definition) is 1. The Morgan fingerprint density at radius 1 is 1.16 bits per heavy atom. The van der Waals surface area contributed by atoms with Gasteiger partial charge >= 0.3 is 6.18 Å². The van der Waals surface area contributed by atoms with Crippen molar-refractivity contribution in [3.8, 4) is 23.3 Å². The van der Waals surface area contributed by atoms with Crippen molar-refractivity contribution < 1.29 is 32.4 Å². The molecule has 0 atom stereocenters. The summed E-state index contributed by atoms with van der Waals surface area (Å²) in [4.78, 5) is 23.7. The number of amides is 1. The fourth-order valence-corrected chi connectivity index (χ4v) is 3.98. The summed E-state index contributed by atoms with van der Waals surface area (Å²) in [6.45, 7) is 3.76. The Balaban J connectivity index is 1.68. The molecule has 0 radical (unpaired) electrons. The molecule has 1 aromatic heterocycles. The number of aryl methyl sites for hydroxylation is 1. The fourth-order valence-electron chi connectivity index (χ4n) is 3.98. The zero-order chi connectivity index (χ0) is 26.9. The standard InChI is InChI=1S/C25H19F3N4O5/c1-14-8-16(15(2)31(14)19-5-3-4-18(10-19)25(26,27)28)9-17(13-29)24(33)30-20-11-22-23(37-7-6-36-22)12-21(20)32(34)35/h3-5,8-12H,6-7H2,1-2H3,(H,30,33)/b17-9+. The minimum atomic E-state index is -4.52. The average Bonchev–Trinajstić information content (AvgIpc) is 3.13. The van der Waals surface area contributed by atoms with Crippen molar-refractivity contribution in [2.45, 2.75) is 20.0 Å². The zero-order valence-electron chi connectivity index (χ0n) is 19.5. The number of carbonyl (C=O) groups is 1. The van der Waals surface area contributed by atoms with Crippen molar-refractivity contribution in [2.24, 2.45) is 0 Å². The average molecular weight is 512 g/mol. The maximum Gasteiger partial charge on any atom is 0.416 e. The van der Waals surface area contributed by atoms with Crippen LogP contribution in [0.5, 0.6) is 11.5 Å². The van der Waals surface area contributed by atoms with Gasteiger partial charge in [0.25, 0.3) is 11.6 Å². The minimum Gasteiger partial charge on any atom is -0.486 e. The Hall–Kier alpha value is -4.79. The van der Waals surface area contributed by atoms with Gasteiger partial charge in [0.15, 0.2) is 11.5 Å². The van der Waals surface area contributed by atoms with Crippen LogP contribution in [-0.4, -0.2) is 28.6 Å². The lowest BCUT2D eigenvalue weighted by molar-refractivity contribution is -0.384. The Kier molecular flexibility index (Phi) is 6.63. The van der Waals surface area contributed by atoms with Crippen LogP contribution in [0.4, 0.5) is 24.5 Å². The van der Waals surface area contributed by atoms with E-state index in [1.807, 2.05) is 0 Å². The van der Waals surface area contributed by atoms with Gasteiger partial charge in [-0.25, -0.2) is 0 Å². The number of aromatic nitrogens is 1. The van der Waals surface area contributed by atoms with E-state index in [0.717, 1.165) is 18.2 Å². The molecule has 9 nitrogen and oxygen atoms in total. The highest BCUT2D eigenvalue weighted by molar-refractivity contribution is 6.10. The first kappa shape index (κ1) is 25.3. The Morgan fingerprint density at radius 3 is 2.46 bits per heavy atom. The van der Waals surface area contributed by atoms with Crippen LogP contribution >= 0.6 is 0 Å². The van der Waals surface area contributed by atoms with E-state index in [1.54, 1.807) is 30.6 Å². The van der Waals surface area contributed by atoms with E-state index in [4.69, 9.17) is 9.47 Å². The number of nitrogens with zero attached hydrogens (tertiary/aromatic N) is 3. The van der Waals surface area contributed by atoms with Crippen LogP contribution in [0, 0.1) is 35.3 Å². The summed E-state index contributed by atoms with van der Waals surface area (Å²) in [5.41, 5.74) is -0.0720. The first-order chi connectivity index (χ1) is 17.5. The number of ether oxygens (including phenoxy) is 2. The number of rotatable bonds is 5. The number of nitro groups is 1. The first-order valence-corrected chi connectivity index (χ1v) is 10.9. The smallest absolute Gasteiger partial charge is 0.416 e. The lowest BCUT2D eigenvalue weighted by atomic mass is 10.1. The monoisotopic (exact) mass is 512 g/mol.